The van der Waals surface area contributed by atoms with Crippen molar-refractivity contribution in [2.45, 2.75) is 50.9 Å². The summed E-state index contributed by atoms with van der Waals surface area (Å²) in [7, 11) is -1.42. The van der Waals surface area contributed by atoms with Crippen molar-refractivity contribution in [2.75, 3.05) is 18.9 Å². The van der Waals surface area contributed by atoms with Crippen LogP contribution in [0.4, 0.5) is 4.79 Å². The molecule has 3 amide bonds. The van der Waals surface area contributed by atoms with Gasteiger partial charge < -0.3 is 15.4 Å². The molecule has 2 aliphatic heterocycles. The normalized spacial score (nSPS) is 22.5. The van der Waals surface area contributed by atoms with Crippen molar-refractivity contribution in [2.24, 2.45) is 5.92 Å². The van der Waals surface area contributed by atoms with E-state index in [1.165, 1.54) is 16.2 Å². The van der Waals surface area contributed by atoms with Gasteiger partial charge in [0.2, 0.25) is 5.91 Å². The first kappa shape index (κ1) is 25.1. The fraction of sp³-hybridized carbons (Fsp3) is 0.545. The molecule has 9 nitrogen and oxygen atoms in total. The van der Waals surface area contributed by atoms with Gasteiger partial charge in [0.1, 0.15) is 23.8 Å². The molecule has 180 valence electrons. The van der Waals surface area contributed by atoms with Crippen molar-refractivity contribution >= 4 is 45.8 Å². The standard InChI is InChI=1S/C22H29N3O6S2/c1-3-14(2)17(26)7-4-8-23-22(29)31-12-15-11-25-20(28)19(21(25)33(30)13-15)24-18(27)10-16-6-5-9-32-16/h5-6,9,11,14,19,21H,3-4,7-8,10,12-13H2,1-2H3,(H,23,29)(H,24,27). The van der Waals surface area contributed by atoms with E-state index >= 15 is 0 Å². The molecule has 1 aromatic heterocycles. The van der Waals surface area contributed by atoms with Crippen molar-refractivity contribution in [1.82, 2.24) is 15.5 Å². The summed E-state index contributed by atoms with van der Waals surface area (Å²) in [4.78, 5) is 50.6. The number of ether oxygens (including phenoxy) is 1. The second-order valence-electron chi connectivity index (χ2n) is 8.13. The minimum Gasteiger partial charge on any atom is -0.445 e. The number of rotatable bonds is 11. The smallest absolute Gasteiger partial charge is 0.407 e. The van der Waals surface area contributed by atoms with Crippen LogP contribution >= 0.6 is 11.3 Å². The highest BCUT2D eigenvalue weighted by Crippen LogP contribution is 2.30. The third kappa shape index (κ3) is 6.50. The van der Waals surface area contributed by atoms with E-state index in [1.54, 1.807) is 6.20 Å². The number of ketones is 1. The molecule has 0 saturated carbocycles. The first-order valence-corrected chi connectivity index (χ1v) is 13.2. The average Bonchev–Trinajstić information content (AvgIpc) is 3.30. The van der Waals surface area contributed by atoms with Gasteiger partial charge in [-0.25, -0.2) is 4.79 Å². The zero-order valence-electron chi connectivity index (χ0n) is 18.7. The summed E-state index contributed by atoms with van der Waals surface area (Å²) in [6.45, 7) is 4.09. The van der Waals surface area contributed by atoms with Gasteiger partial charge in [-0.15, -0.1) is 11.3 Å². The molecule has 1 fully saturated rings. The monoisotopic (exact) mass is 495 g/mol. The summed E-state index contributed by atoms with van der Waals surface area (Å²) in [6, 6.07) is 2.89. The maximum atomic E-state index is 12.7. The Balaban J connectivity index is 1.40. The second-order valence-corrected chi connectivity index (χ2v) is 10.7. The van der Waals surface area contributed by atoms with Crippen molar-refractivity contribution in [3.63, 3.8) is 0 Å². The third-order valence-electron chi connectivity index (χ3n) is 5.65. The average molecular weight is 496 g/mol. The summed E-state index contributed by atoms with van der Waals surface area (Å²) >= 11 is 1.46. The van der Waals surface area contributed by atoms with Crippen LogP contribution in [0, 0.1) is 5.92 Å². The van der Waals surface area contributed by atoms with Crippen LogP contribution in [0.3, 0.4) is 0 Å². The third-order valence-corrected chi connectivity index (χ3v) is 8.22. The van der Waals surface area contributed by atoms with E-state index in [9.17, 15) is 23.4 Å². The molecule has 0 bridgehead atoms. The number of hydrogen-bond acceptors (Lipinski definition) is 7. The molecule has 3 heterocycles. The van der Waals surface area contributed by atoms with Gasteiger partial charge in [0.15, 0.2) is 0 Å². The Hall–Kier alpha value is -2.53. The molecule has 1 aromatic rings. The summed E-state index contributed by atoms with van der Waals surface area (Å²) in [5, 5.41) is 6.54. The molecule has 0 spiro atoms. The lowest BCUT2D eigenvalue weighted by atomic mass is 10.00. The fourth-order valence-electron chi connectivity index (χ4n) is 3.55. The van der Waals surface area contributed by atoms with Crippen molar-refractivity contribution in [3.05, 3.63) is 34.2 Å². The summed E-state index contributed by atoms with van der Waals surface area (Å²) in [5.74, 6) is -0.258. The number of nitrogens with one attached hydrogen (secondary N) is 2. The number of thiophene rings is 1. The fourth-order valence-corrected chi connectivity index (χ4v) is 5.85. The Morgan fingerprint density at radius 1 is 1.36 bits per heavy atom. The molecule has 2 N–H and O–H groups in total. The molecule has 11 heteroatoms. The van der Waals surface area contributed by atoms with Crippen molar-refractivity contribution in [1.29, 1.82) is 0 Å². The molecule has 1 saturated heterocycles. The zero-order chi connectivity index (χ0) is 24.0. The van der Waals surface area contributed by atoms with E-state index in [0.29, 0.717) is 25.0 Å². The lowest BCUT2D eigenvalue weighted by molar-refractivity contribution is -0.145. The molecule has 0 aromatic carbocycles. The number of fused-ring (bicyclic) bond motifs is 1. The predicted octanol–water partition coefficient (Wildman–Crippen LogP) is 1.71. The number of carbonyl (C=O) groups excluding carboxylic acids is 4. The summed E-state index contributed by atoms with van der Waals surface area (Å²) in [6.07, 6.45) is 2.84. The maximum Gasteiger partial charge on any atom is 0.407 e. The van der Waals surface area contributed by atoms with Gasteiger partial charge in [0.05, 0.1) is 23.0 Å². The Kier molecular flexibility index (Phi) is 8.79. The van der Waals surface area contributed by atoms with Crippen molar-refractivity contribution < 1.29 is 28.1 Å². The largest absolute Gasteiger partial charge is 0.445 e. The van der Waals surface area contributed by atoms with Gasteiger partial charge in [-0.3, -0.25) is 23.5 Å². The molecule has 2 aliphatic rings. The van der Waals surface area contributed by atoms with Gasteiger partial charge in [-0.05, 0) is 29.9 Å². The predicted molar refractivity (Wildman–Crippen MR) is 125 cm³/mol. The van der Waals surface area contributed by atoms with Gasteiger partial charge in [0.25, 0.3) is 5.91 Å². The van der Waals surface area contributed by atoms with Crippen LogP contribution in [0.25, 0.3) is 0 Å². The molecular formula is C22H29N3O6S2. The highest BCUT2D eigenvalue weighted by Gasteiger charge is 2.52. The number of hydrogen-bond donors (Lipinski definition) is 2. The van der Waals surface area contributed by atoms with E-state index in [-0.39, 0.29) is 42.3 Å². The molecule has 33 heavy (non-hydrogen) atoms. The zero-order valence-corrected chi connectivity index (χ0v) is 20.3. The Labute approximate surface area is 199 Å². The SMILES string of the molecule is CCC(C)C(=O)CCCNC(=O)OCC1=CN2C(=O)C(NC(=O)Cc3cccs3)C2S(=O)C1. The first-order chi connectivity index (χ1) is 15.8. The number of β-lactam (4-membered cyclic amide) rings is 1. The van der Waals surface area contributed by atoms with Crippen LogP contribution in [0.1, 0.15) is 38.0 Å². The minimum absolute atomic E-state index is 0.0259. The van der Waals surface area contributed by atoms with Crippen LogP contribution in [0.2, 0.25) is 0 Å². The van der Waals surface area contributed by atoms with Crippen LogP contribution in [-0.2, 0) is 36.3 Å². The van der Waals surface area contributed by atoms with Crippen LogP contribution < -0.4 is 10.6 Å². The Morgan fingerprint density at radius 3 is 2.85 bits per heavy atom. The number of nitrogens with zero attached hydrogens (tertiary/aromatic N) is 1. The molecule has 4 atom stereocenters. The first-order valence-electron chi connectivity index (χ1n) is 10.9. The maximum absolute atomic E-state index is 12.7. The summed E-state index contributed by atoms with van der Waals surface area (Å²) in [5.41, 5.74) is 0.559. The molecular weight excluding hydrogens is 466 g/mol. The van der Waals surface area contributed by atoms with E-state index in [2.05, 4.69) is 10.6 Å². The number of amides is 3. The van der Waals surface area contributed by atoms with Crippen molar-refractivity contribution in [3.8, 4) is 0 Å². The topological polar surface area (TPSA) is 122 Å². The Bertz CT molecular complexity index is 946. The molecule has 0 aliphatic carbocycles. The van der Waals surface area contributed by atoms with E-state index in [4.69, 9.17) is 4.74 Å². The minimum atomic E-state index is -1.42. The van der Waals surface area contributed by atoms with E-state index in [1.807, 2.05) is 31.4 Å². The Morgan fingerprint density at radius 2 is 2.15 bits per heavy atom. The van der Waals surface area contributed by atoms with Crippen LogP contribution in [-0.4, -0.2) is 63.1 Å². The molecule has 3 rings (SSSR count). The van der Waals surface area contributed by atoms with Crippen LogP contribution in [0.15, 0.2) is 29.3 Å². The number of Topliss-reactive ketones (excluding diaryl/α,β-unsaturated/α-hetero) is 1. The van der Waals surface area contributed by atoms with Gasteiger partial charge in [-0.2, -0.15) is 0 Å². The van der Waals surface area contributed by atoms with Gasteiger partial charge in [-0.1, -0.05) is 19.9 Å². The highest BCUT2D eigenvalue weighted by atomic mass is 32.2. The highest BCUT2D eigenvalue weighted by molar-refractivity contribution is 7.86. The van der Waals surface area contributed by atoms with E-state index < -0.39 is 28.3 Å². The lowest BCUT2D eigenvalue weighted by Gasteiger charge is -2.46. The van der Waals surface area contributed by atoms with Gasteiger partial charge >= 0.3 is 6.09 Å². The van der Waals surface area contributed by atoms with Crippen LogP contribution in [0.5, 0.6) is 0 Å². The quantitative estimate of drug-likeness (QED) is 0.356. The summed E-state index contributed by atoms with van der Waals surface area (Å²) < 4.78 is 17.8. The van der Waals surface area contributed by atoms with E-state index in [0.717, 1.165) is 11.3 Å². The molecule has 4 unspecified atom stereocenters. The van der Waals surface area contributed by atoms with Gasteiger partial charge in [0, 0.05) is 30.0 Å². The lowest BCUT2D eigenvalue weighted by Crippen LogP contribution is -2.71. The molecule has 0 radical (unpaired) electrons. The number of carbonyl (C=O) groups is 4. The number of alkyl carbamates (subject to hydrolysis) is 1. The second kappa shape index (κ2) is 11.6.